The van der Waals surface area contributed by atoms with Crippen molar-refractivity contribution < 1.29 is 4.79 Å². The highest BCUT2D eigenvalue weighted by Gasteiger charge is 2.49. The zero-order chi connectivity index (χ0) is 16.2. The smallest absolute Gasteiger partial charge is 0.161 e. The summed E-state index contributed by atoms with van der Waals surface area (Å²) in [6.45, 7) is 6.56. The van der Waals surface area contributed by atoms with Crippen molar-refractivity contribution in [1.29, 1.82) is 0 Å². The molecule has 0 saturated carbocycles. The van der Waals surface area contributed by atoms with Crippen molar-refractivity contribution in [2.24, 2.45) is 11.3 Å². The van der Waals surface area contributed by atoms with Crippen LogP contribution in [0.25, 0.3) is 0 Å². The molecule has 1 saturated heterocycles. The van der Waals surface area contributed by atoms with Gasteiger partial charge in [-0.15, -0.1) is 0 Å². The Morgan fingerprint density at radius 2 is 1.83 bits per heavy atom. The summed E-state index contributed by atoms with van der Waals surface area (Å²) in [6, 6.07) is 10.8. The molecule has 0 spiro atoms. The van der Waals surface area contributed by atoms with Crippen LogP contribution in [0, 0.1) is 11.3 Å². The van der Waals surface area contributed by atoms with Gasteiger partial charge in [0.15, 0.2) is 5.78 Å². The summed E-state index contributed by atoms with van der Waals surface area (Å²) in [6.07, 6.45) is 1.76. The van der Waals surface area contributed by atoms with E-state index in [1.165, 1.54) is 5.56 Å². The van der Waals surface area contributed by atoms with Crippen molar-refractivity contribution >= 4 is 5.78 Å². The van der Waals surface area contributed by atoms with E-state index in [9.17, 15) is 4.79 Å². The van der Waals surface area contributed by atoms with Crippen LogP contribution in [0.15, 0.2) is 41.6 Å². The molecule has 1 aliphatic carbocycles. The Bertz CT molecular complexity index is 664. The molecule has 0 aromatic heterocycles. The number of hydrogen-bond donors (Lipinski definition) is 3. The van der Waals surface area contributed by atoms with Gasteiger partial charge in [0.2, 0.25) is 0 Å². The number of hydrogen-bond acceptors (Lipinski definition) is 4. The molecule has 4 atom stereocenters. The zero-order valence-electron chi connectivity index (χ0n) is 14.0. The molecule has 4 nitrogen and oxygen atoms in total. The van der Waals surface area contributed by atoms with Gasteiger partial charge in [-0.25, -0.2) is 5.43 Å². The van der Waals surface area contributed by atoms with E-state index in [0.717, 1.165) is 17.7 Å². The number of carbonyl (C=O) groups is 1. The van der Waals surface area contributed by atoms with Crippen LogP contribution in [0.2, 0.25) is 0 Å². The molecule has 1 aromatic rings. The summed E-state index contributed by atoms with van der Waals surface area (Å²) in [5.74, 6) is 0.815. The minimum atomic E-state index is 0.0363. The highest BCUT2D eigenvalue weighted by atomic mass is 16.1. The van der Waals surface area contributed by atoms with Crippen LogP contribution in [0.5, 0.6) is 0 Å². The van der Waals surface area contributed by atoms with Gasteiger partial charge >= 0.3 is 0 Å². The SMILES string of the molecule is CC1NNC2NC3=C(C(=O)CC(C)(C)C3)C(c3ccccc3)C12. The van der Waals surface area contributed by atoms with Gasteiger partial charge in [0.25, 0.3) is 0 Å². The van der Waals surface area contributed by atoms with Gasteiger partial charge in [0.05, 0.1) is 6.17 Å². The fourth-order valence-corrected chi connectivity index (χ4v) is 4.57. The van der Waals surface area contributed by atoms with Crippen LogP contribution in [0.3, 0.4) is 0 Å². The number of carbonyl (C=O) groups excluding carboxylic acids is 1. The Morgan fingerprint density at radius 3 is 2.57 bits per heavy atom. The molecule has 1 aromatic carbocycles. The van der Waals surface area contributed by atoms with Crippen LogP contribution in [0.4, 0.5) is 0 Å². The van der Waals surface area contributed by atoms with Crippen LogP contribution < -0.4 is 16.2 Å². The van der Waals surface area contributed by atoms with E-state index in [0.29, 0.717) is 24.2 Å². The van der Waals surface area contributed by atoms with Crippen molar-refractivity contribution in [2.45, 2.75) is 51.7 Å². The normalized spacial score (nSPS) is 35.5. The first-order valence-corrected chi connectivity index (χ1v) is 8.55. The van der Waals surface area contributed by atoms with E-state index in [-0.39, 0.29) is 17.5 Å². The number of fused-ring (bicyclic) bond motifs is 1. The number of allylic oxidation sites excluding steroid dienone is 2. The first-order valence-electron chi connectivity index (χ1n) is 8.55. The van der Waals surface area contributed by atoms with E-state index in [1.54, 1.807) is 0 Å². The summed E-state index contributed by atoms with van der Waals surface area (Å²) in [4.78, 5) is 13.0. The van der Waals surface area contributed by atoms with E-state index in [4.69, 9.17) is 0 Å². The Hall–Kier alpha value is -1.65. The summed E-state index contributed by atoms with van der Waals surface area (Å²) in [5.41, 5.74) is 10.2. The topological polar surface area (TPSA) is 53.2 Å². The van der Waals surface area contributed by atoms with E-state index in [2.05, 4.69) is 61.2 Å². The lowest BCUT2D eigenvalue weighted by Crippen LogP contribution is -2.52. The molecule has 122 valence electrons. The average Bonchev–Trinajstić information content (AvgIpc) is 2.86. The molecule has 0 radical (unpaired) electrons. The van der Waals surface area contributed by atoms with E-state index < -0.39 is 0 Å². The average molecular weight is 311 g/mol. The van der Waals surface area contributed by atoms with Gasteiger partial charge in [-0.3, -0.25) is 10.2 Å². The number of Topliss-reactive ketones (excluding diaryl/α,β-unsaturated/α-hetero) is 1. The zero-order valence-corrected chi connectivity index (χ0v) is 14.0. The molecule has 3 aliphatic rings. The monoisotopic (exact) mass is 311 g/mol. The van der Waals surface area contributed by atoms with Crippen LogP contribution >= 0.6 is 0 Å². The third-order valence-corrected chi connectivity index (χ3v) is 5.53. The summed E-state index contributed by atoms with van der Waals surface area (Å²) in [7, 11) is 0. The standard InChI is InChI=1S/C19H25N3O/c1-11-15-16(12-7-5-4-6-8-12)17-13(20-18(15)22-21-11)9-19(2,3)10-14(17)23/h4-8,11,15-16,18,20-22H,9-10H2,1-3H3. The minimum absolute atomic E-state index is 0.0363. The van der Waals surface area contributed by atoms with Crippen LogP contribution in [-0.4, -0.2) is 18.0 Å². The third kappa shape index (κ3) is 2.41. The number of hydrazine groups is 1. The first-order chi connectivity index (χ1) is 11.0. The Labute approximate surface area is 137 Å². The second-order valence-electron chi connectivity index (χ2n) is 8.00. The van der Waals surface area contributed by atoms with Gasteiger partial charge in [-0.2, -0.15) is 0 Å². The molecule has 1 fully saturated rings. The number of rotatable bonds is 1. The lowest BCUT2D eigenvalue weighted by atomic mass is 9.65. The quantitative estimate of drug-likeness (QED) is 0.746. The third-order valence-electron chi connectivity index (χ3n) is 5.53. The number of nitrogens with one attached hydrogen (secondary N) is 3. The predicted octanol–water partition coefficient (Wildman–Crippen LogP) is 2.46. The summed E-state index contributed by atoms with van der Waals surface area (Å²) >= 11 is 0. The van der Waals surface area contributed by atoms with Gasteiger partial charge in [-0.1, -0.05) is 44.2 Å². The predicted molar refractivity (Wildman–Crippen MR) is 90.4 cm³/mol. The number of ketones is 1. The Morgan fingerprint density at radius 1 is 1.09 bits per heavy atom. The highest BCUT2D eigenvalue weighted by molar-refractivity contribution is 5.99. The fraction of sp³-hybridized carbons (Fsp3) is 0.526. The molecule has 3 N–H and O–H groups in total. The van der Waals surface area contributed by atoms with Crippen molar-refractivity contribution in [3.05, 3.63) is 47.2 Å². The van der Waals surface area contributed by atoms with Crippen LogP contribution in [-0.2, 0) is 4.79 Å². The molecule has 2 heterocycles. The van der Waals surface area contributed by atoms with Crippen molar-refractivity contribution in [2.75, 3.05) is 0 Å². The second kappa shape index (κ2) is 5.18. The largest absolute Gasteiger partial charge is 0.371 e. The van der Waals surface area contributed by atoms with Gasteiger partial charge in [0, 0.05) is 35.6 Å². The van der Waals surface area contributed by atoms with Gasteiger partial charge < -0.3 is 5.32 Å². The lowest BCUT2D eigenvalue weighted by Gasteiger charge is -2.44. The molecule has 4 heteroatoms. The molecular formula is C19H25N3O. The molecule has 4 rings (SSSR count). The maximum absolute atomic E-state index is 13.0. The van der Waals surface area contributed by atoms with Crippen molar-refractivity contribution in [3.8, 4) is 0 Å². The van der Waals surface area contributed by atoms with Crippen molar-refractivity contribution in [1.82, 2.24) is 16.2 Å². The fourth-order valence-electron chi connectivity index (χ4n) is 4.57. The van der Waals surface area contributed by atoms with Gasteiger partial charge in [0.1, 0.15) is 0 Å². The highest BCUT2D eigenvalue weighted by Crippen LogP contribution is 2.48. The maximum atomic E-state index is 13.0. The second-order valence-corrected chi connectivity index (χ2v) is 8.00. The van der Waals surface area contributed by atoms with E-state index in [1.807, 2.05) is 6.07 Å². The van der Waals surface area contributed by atoms with Gasteiger partial charge in [-0.05, 0) is 24.3 Å². The molecule has 4 unspecified atom stereocenters. The maximum Gasteiger partial charge on any atom is 0.161 e. The first kappa shape index (κ1) is 14.9. The van der Waals surface area contributed by atoms with Crippen LogP contribution in [0.1, 0.15) is 45.1 Å². The molecule has 0 bridgehead atoms. The molecule has 23 heavy (non-hydrogen) atoms. The molecule has 0 amide bonds. The molecule has 2 aliphatic heterocycles. The Balaban J connectivity index is 1.85. The van der Waals surface area contributed by atoms with Crippen molar-refractivity contribution in [3.63, 3.8) is 0 Å². The number of benzene rings is 1. The lowest BCUT2D eigenvalue weighted by molar-refractivity contribution is -0.118. The summed E-state index contributed by atoms with van der Waals surface area (Å²) < 4.78 is 0. The van der Waals surface area contributed by atoms with E-state index >= 15 is 0 Å². The Kier molecular flexibility index (Phi) is 3.36. The minimum Gasteiger partial charge on any atom is -0.371 e. The summed E-state index contributed by atoms with van der Waals surface area (Å²) in [5, 5.41) is 3.62. The molecular weight excluding hydrogens is 286 g/mol.